The topological polar surface area (TPSA) is 49.8 Å². The molecular weight excluding hydrogens is 206 g/mol. The second-order valence-electron chi connectivity index (χ2n) is 4.93. The van der Waals surface area contributed by atoms with Gasteiger partial charge in [-0.2, -0.15) is 0 Å². The van der Waals surface area contributed by atoms with Gasteiger partial charge in [0.15, 0.2) is 0 Å². The predicted molar refractivity (Wildman–Crippen MR) is 60.4 cm³/mol. The number of rotatable bonds is 4. The van der Waals surface area contributed by atoms with Gasteiger partial charge in [0.2, 0.25) is 0 Å². The molecule has 2 aliphatic heterocycles. The zero-order valence-corrected chi connectivity index (χ0v) is 9.73. The van der Waals surface area contributed by atoms with Gasteiger partial charge in [0, 0.05) is 32.2 Å². The Bertz CT molecular complexity index is 238. The number of carbonyl (C=O) groups is 1. The van der Waals surface area contributed by atoms with Gasteiger partial charge in [-0.25, -0.2) is 0 Å². The number of hydrogen-bond acceptors (Lipinski definition) is 3. The Balaban J connectivity index is 1.72. The molecular formula is C12H21NO3. The maximum atomic E-state index is 10.5. The van der Waals surface area contributed by atoms with Crippen LogP contribution in [0.4, 0.5) is 0 Å². The minimum Gasteiger partial charge on any atom is -0.481 e. The molecule has 4 nitrogen and oxygen atoms in total. The third-order valence-corrected chi connectivity index (χ3v) is 3.79. The molecule has 0 spiro atoms. The molecule has 0 aliphatic carbocycles. The average Bonchev–Trinajstić information content (AvgIpc) is 2.76. The van der Waals surface area contributed by atoms with Crippen LogP contribution in [-0.2, 0) is 9.53 Å². The molecule has 1 N–H and O–H groups in total. The zero-order chi connectivity index (χ0) is 11.4. The zero-order valence-electron chi connectivity index (χ0n) is 9.73. The summed E-state index contributed by atoms with van der Waals surface area (Å²) in [6.07, 6.45) is 4.63. The van der Waals surface area contributed by atoms with Gasteiger partial charge < -0.3 is 9.84 Å². The second-order valence-corrected chi connectivity index (χ2v) is 4.93. The first-order chi connectivity index (χ1) is 7.75. The summed E-state index contributed by atoms with van der Waals surface area (Å²) in [4.78, 5) is 13.0. The average molecular weight is 227 g/mol. The summed E-state index contributed by atoms with van der Waals surface area (Å²) < 4.78 is 5.36. The fourth-order valence-electron chi connectivity index (χ4n) is 2.81. The SMILES string of the molecule is O=C(O)CCC1CCN(C2CCOCC2)C1. The fourth-order valence-corrected chi connectivity index (χ4v) is 2.81. The molecule has 2 aliphatic rings. The lowest BCUT2D eigenvalue weighted by atomic mass is 10.0. The van der Waals surface area contributed by atoms with E-state index in [9.17, 15) is 4.79 Å². The monoisotopic (exact) mass is 227 g/mol. The molecule has 0 bridgehead atoms. The third-order valence-electron chi connectivity index (χ3n) is 3.79. The van der Waals surface area contributed by atoms with Crippen molar-refractivity contribution in [3.05, 3.63) is 0 Å². The van der Waals surface area contributed by atoms with Gasteiger partial charge in [0.05, 0.1) is 0 Å². The van der Waals surface area contributed by atoms with Gasteiger partial charge >= 0.3 is 5.97 Å². The Morgan fingerprint density at radius 3 is 2.75 bits per heavy atom. The van der Waals surface area contributed by atoms with Crippen LogP contribution in [0.15, 0.2) is 0 Å². The Kier molecular flexibility index (Phi) is 4.18. The van der Waals surface area contributed by atoms with Crippen molar-refractivity contribution in [3.8, 4) is 0 Å². The molecule has 0 aromatic rings. The number of hydrogen-bond donors (Lipinski definition) is 1. The first kappa shape index (κ1) is 11.9. The minimum atomic E-state index is -0.662. The second kappa shape index (κ2) is 5.64. The van der Waals surface area contributed by atoms with Crippen LogP contribution >= 0.6 is 0 Å². The highest BCUT2D eigenvalue weighted by molar-refractivity contribution is 5.66. The van der Waals surface area contributed by atoms with E-state index < -0.39 is 5.97 Å². The fraction of sp³-hybridized carbons (Fsp3) is 0.917. The lowest BCUT2D eigenvalue weighted by Gasteiger charge is -2.31. The lowest BCUT2D eigenvalue weighted by Crippen LogP contribution is -2.37. The van der Waals surface area contributed by atoms with Gasteiger partial charge in [0.1, 0.15) is 0 Å². The number of carboxylic acid groups (broad SMARTS) is 1. The molecule has 92 valence electrons. The van der Waals surface area contributed by atoms with Crippen molar-refractivity contribution in [2.24, 2.45) is 5.92 Å². The summed E-state index contributed by atoms with van der Waals surface area (Å²) in [6.45, 7) is 4.02. The molecule has 0 aromatic heterocycles. The van der Waals surface area contributed by atoms with E-state index in [1.165, 1.54) is 6.42 Å². The van der Waals surface area contributed by atoms with Gasteiger partial charge in [-0.3, -0.25) is 9.69 Å². The van der Waals surface area contributed by atoms with E-state index in [2.05, 4.69) is 4.90 Å². The molecule has 2 rings (SSSR count). The van der Waals surface area contributed by atoms with Crippen molar-refractivity contribution in [2.45, 2.75) is 38.1 Å². The van der Waals surface area contributed by atoms with Crippen LogP contribution in [0.5, 0.6) is 0 Å². The smallest absolute Gasteiger partial charge is 0.303 e. The molecule has 0 saturated carbocycles. The highest BCUT2D eigenvalue weighted by Crippen LogP contribution is 2.26. The van der Waals surface area contributed by atoms with Gasteiger partial charge in [-0.05, 0) is 38.1 Å². The normalized spacial score (nSPS) is 28.4. The lowest BCUT2D eigenvalue weighted by molar-refractivity contribution is -0.137. The molecule has 0 aromatic carbocycles. The molecule has 1 atom stereocenters. The van der Waals surface area contributed by atoms with E-state index >= 15 is 0 Å². The van der Waals surface area contributed by atoms with E-state index in [1.54, 1.807) is 0 Å². The first-order valence-electron chi connectivity index (χ1n) is 6.29. The van der Waals surface area contributed by atoms with E-state index in [1.807, 2.05) is 0 Å². The van der Waals surface area contributed by atoms with Crippen LogP contribution in [0.25, 0.3) is 0 Å². The van der Waals surface area contributed by atoms with Crippen molar-refractivity contribution in [1.82, 2.24) is 4.90 Å². The Morgan fingerprint density at radius 1 is 1.31 bits per heavy atom. The van der Waals surface area contributed by atoms with Gasteiger partial charge in [-0.1, -0.05) is 0 Å². The Hall–Kier alpha value is -0.610. The van der Waals surface area contributed by atoms with Crippen molar-refractivity contribution < 1.29 is 14.6 Å². The van der Waals surface area contributed by atoms with Crippen LogP contribution in [0.2, 0.25) is 0 Å². The van der Waals surface area contributed by atoms with Crippen LogP contribution in [0.1, 0.15) is 32.1 Å². The van der Waals surface area contributed by atoms with E-state index in [4.69, 9.17) is 9.84 Å². The van der Waals surface area contributed by atoms with Crippen LogP contribution in [-0.4, -0.2) is 48.3 Å². The molecule has 1 unspecified atom stereocenters. The molecule has 2 fully saturated rings. The molecule has 0 amide bonds. The van der Waals surface area contributed by atoms with Crippen molar-refractivity contribution >= 4 is 5.97 Å². The molecule has 2 saturated heterocycles. The van der Waals surface area contributed by atoms with Crippen molar-refractivity contribution in [3.63, 3.8) is 0 Å². The quantitative estimate of drug-likeness (QED) is 0.787. The van der Waals surface area contributed by atoms with E-state index in [0.29, 0.717) is 18.4 Å². The predicted octanol–water partition coefficient (Wildman–Crippen LogP) is 1.35. The molecule has 2 heterocycles. The number of likely N-dealkylation sites (tertiary alicyclic amines) is 1. The summed E-state index contributed by atoms with van der Waals surface area (Å²) >= 11 is 0. The van der Waals surface area contributed by atoms with Gasteiger partial charge in [-0.15, -0.1) is 0 Å². The number of carboxylic acids is 1. The number of ether oxygens (including phenoxy) is 1. The summed E-state index contributed by atoms with van der Waals surface area (Å²) in [7, 11) is 0. The van der Waals surface area contributed by atoms with E-state index in [-0.39, 0.29) is 0 Å². The number of nitrogens with zero attached hydrogens (tertiary/aromatic N) is 1. The van der Waals surface area contributed by atoms with Crippen molar-refractivity contribution in [2.75, 3.05) is 26.3 Å². The highest BCUT2D eigenvalue weighted by Gasteiger charge is 2.29. The summed E-state index contributed by atoms with van der Waals surface area (Å²) in [5.74, 6) is -0.0662. The Labute approximate surface area is 96.6 Å². The summed E-state index contributed by atoms with van der Waals surface area (Å²) in [5.41, 5.74) is 0. The summed E-state index contributed by atoms with van der Waals surface area (Å²) in [6, 6.07) is 0.684. The van der Waals surface area contributed by atoms with Crippen LogP contribution in [0, 0.1) is 5.92 Å². The number of aliphatic carboxylic acids is 1. The first-order valence-corrected chi connectivity index (χ1v) is 6.29. The Morgan fingerprint density at radius 2 is 2.06 bits per heavy atom. The summed E-state index contributed by atoms with van der Waals surface area (Å²) in [5, 5.41) is 8.66. The molecule has 0 radical (unpaired) electrons. The molecule has 16 heavy (non-hydrogen) atoms. The minimum absolute atomic E-state index is 0.326. The standard InChI is InChI=1S/C12H21NO3/c14-12(15)2-1-10-3-6-13(9-10)11-4-7-16-8-5-11/h10-11H,1-9H2,(H,14,15). The maximum Gasteiger partial charge on any atom is 0.303 e. The van der Waals surface area contributed by atoms with Crippen LogP contribution in [0.3, 0.4) is 0 Å². The van der Waals surface area contributed by atoms with Crippen molar-refractivity contribution in [1.29, 1.82) is 0 Å². The van der Waals surface area contributed by atoms with E-state index in [0.717, 1.165) is 45.6 Å². The highest BCUT2D eigenvalue weighted by atomic mass is 16.5. The maximum absolute atomic E-state index is 10.5. The third kappa shape index (κ3) is 3.19. The van der Waals surface area contributed by atoms with Crippen LogP contribution < -0.4 is 0 Å². The van der Waals surface area contributed by atoms with Gasteiger partial charge in [0.25, 0.3) is 0 Å². The largest absolute Gasteiger partial charge is 0.481 e. The molecule has 4 heteroatoms.